The molecular weight excluding hydrogens is 201 g/mol. The van der Waals surface area contributed by atoms with E-state index in [2.05, 4.69) is 12.2 Å². The third kappa shape index (κ3) is 2.18. The van der Waals surface area contributed by atoms with Crippen molar-refractivity contribution < 1.29 is 4.39 Å². The van der Waals surface area contributed by atoms with Crippen LogP contribution in [0.4, 0.5) is 10.1 Å². The van der Waals surface area contributed by atoms with Gasteiger partial charge in [-0.25, -0.2) is 4.39 Å². The number of hydrogen-bond acceptors (Lipinski definition) is 1. The van der Waals surface area contributed by atoms with Gasteiger partial charge >= 0.3 is 0 Å². The van der Waals surface area contributed by atoms with Gasteiger partial charge in [0, 0.05) is 11.1 Å². The van der Waals surface area contributed by atoms with Crippen LogP contribution in [-0.4, -0.2) is 6.04 Å². The first-order chi connectivity index (χ1) is 6.66. The Morgan fingerprint density at radius 3 is 2.86 bits per heavy atom. The lowest BCUT2D eigenvalue weighted by atomic mass is 10.2. The normalized spacial score (nSPS) is 17.9. The van der Waals surface area contributed by atoms with Gasteiger partial charge in [0.1, 0.15) is 5.82 Å². The molecule has 0 aromatic heterocycles. The SMILES string of the molecule is CC(Nc1cc(Cl)ccc1F)C1CC1. The number of hydrogen-bond donors (Lipinski definition) is 1. The Labute approximate surface area is 88.3 Å². The van der Waals surface area contributed by atoms with Crippen molar-refractivity contribution in [3.63, 3.8) is 0 Å². The molecule has 1 aromatic rings. The highest BCUT2D eigenvalue weighted by molar-refractivity contribution is 6.30. The average molecular weight is 214 g/mol. The van der Waals surface area contributed by atoms with Gasteiger partial charge in [0.25, 0.3) is 0 Å². The molecule has 1 N–H and O–H groups in total. The molecule has 1 fully saturated rings. The standard InChI is InChI=1S/C11H13ClFN/c1-7(8-2-3-8)14-11-6-9(12)4-5-10(11)13/h4-8,14H,2-3H2,1H3. The number of anilines is 1. The number of halogens is 2. The maximum atomic E-state index is 13.3. The minimum absolute atomic E-state index is 0.234. The average Bonchev–Trinajstić information content (AvgIpc) is 2.94. The molecule has 76 valence electrons. The van der Waals surface area contributed by atoms with E-state index in [0.717, 1.165) is 0 Å². The molecule has 0 radical (unpaired) electrons. The zero-order chi connectivity index (χ0) is 10.1. The fourth-order valence-electron chi connectivity index (χ4n) is 1.57. The summed E-state index contributed by atoms with van der Waals surface area (Å²) in [6.07, 6.45) is 2.49. The summed E-state index contributed by atoms with van der Waals surface area (Å²) in [4.78, 5) is 0. The van der Waals surface area contributed by atoms with Crippen LogP contribution in [0.15, 0.2) is 18.2 Å². The molecule has 1 nitrogen and oxygen atoms in total. The van der Waals surface area contributed by atoms with Gasteiger partial charge in [-0.15, -0.1) is 0 Å². The van der Waals surface area contributed by atoms with Crippen molar-refractivity contribution in [2.45, 2.75) is 25.8 Å². The highest BCUT2D eigenvalue weighted by atomic mass is 35.5. The van der Waals surface area contributed by atoms with Gasteiger partial charge in [-0.1, -0.05) is 11.6 Å². The van der Waals surface area contributed by atoms with E-state index in [9.17, 15) is 4.39 Å². The summed E-state index contributed by atoms with van der Waals surface area (Å²) in [6, 6.07) is 4.92. The monoisotopic (exact) mass is 213 g/mol. The summed E-state index contributed by atoms with van der Waals surface area (Å²) in [5, 5.41) is 3.72. The minimum atomic E-state index is -0.234. The molecule has 1 atom stereocenters. The zero-order valence-electron chi connectivity index (χ0n) is 8.06. The van der Waals surface area contributed by atoms with Crippen LogP contribution in [-0.2, 0) is 0 Å². The first kappa shape index (κ1) is 9.78. The molecule has 0 bridgehead atoms. The highest BCUT2D eigenvalue weighted by Crippen LogP contribution is 2.34. The van der Waals surface area contributed by atoms with E-state index in [1.54, 1.807) is 12.1 Å². The lowest BCUT2D eigenvalue weighted by Crippen LogP contribution is -2.17. The van der Waals surface area contributed by atoms with Crippen LogP contribution in [0.3, 0.4) is 0 Å². The van der Waals surface area contributed by atoms with Crippen LogP contribution in [0, 0.1) is 11.7 Å². The Bertz CT molecular complexity index is 336. The highest BCUT2D eigenvalue weighted by Gasteiger charge is 2.28. The van der Waals surface area contributed by atoms with Gasteiger partial charge in [0.2, 0.25) is 0 Å². The van der Waals surface area contributed by atoms with Gasteiger partial charge in [-0.05, 0) is 43.9 Å². The second kappa shape index (κ2) is 3.77. The third-order valence-corrected chi connectivity index (χ3v) is 2.88. The molecule has 0 amide bonds. The van der Waals surface area contributed by atoms with Gasteiger partial charge in [-0.3, -0.25) is 0 Å². The van der Waals surface area contributed by atoms with Crippen molar-refractivity contribution in [1.29, 1.82) is 0 Å². The summed E-state index contributed by atoms with van der Waals surface area (Å²) in [6.45, 7) is 2.08. The molecule has 3 heteroatoms. The summed E-state index contributed by atoms with van der Waals surface area (Å²) in [5.74, 6) is 0.468. The molecule has 0 saturated heterocycles. The lowest BCUT2D eigenvalue weighted by molar-refractivity contribution is 0.619. The Kier molecular flexibility index (Phi) is 2.64. The van der Waals surface area contributed by atoms with Crippen LogP contribution in [0.5, 0.6) is 0 Å². The lowest BCUT2D eigenvalue weighted by Gasteiger charge is -2.14. The van der Waals surface area contributed by atoms with Crippen molar-refractivity contribution in [3.05, 3.63) is 29.0 Å². The van der Waals surface area contributed by atoms with E-state index < -0.39 is 0 Å². The van der Waals surface area contributed by atoms with Gasteiger partial charge < -0.3 is 5.32 Å². The van der Waals surface area contributed by atoms with E-state index in [0.29, 0.717) is 22.7 Å². The van der Waals surface area contributed by atoms with Crippen molar-refractivity contribution in [2.24, 2.45) is 5.92 Å². The van der Waals surface area contributed by atoms with E-state index in [1.807, 2.05) is 0 Å². The molecule has 1 aliphatic carbocycles. The summed E-state index contributed by atoms with van der Waals surface area (Å²) >= 11 is 5.79. The largest absolute Gasteiger partial charge is 0.380 e. The third-order valence-electron chi connectivity index (χ3n) is 2.64. The minimum Gasteiger partial charge on any atom is -0.380 e. The zero-order valence-corrected chi connectivity index (χ0v) is 8.81. The first-order valence-electron chi connectivity index (χ1n) is 4.88. The smallest absolute Gasteiger partial charge is 0.146 e. The molecule has 0 spiro atoms. The first-order valence-corrected chi connectivity index (χ1v) is 5.26. The molecule has 1 aromatic carbocycles. The van der Waals surface area contributed by atoms with Crippen LogP contribution in [0.25, 0.3) is 0 Å². The van der Waals surface area contributed by atoms with Crippen LogP contribution >= 0.6 is 11.6 Å². The molecule has 2 rings (SSSR count). The molecule has 14 heavy (non-hydrogen) atoms. The Balaban J connectivity index is 2.10. The summed E-state index contributed by atoms with van der Waals surface area (Å²) < 4.78 is 13.3. The molecule has 0 aliphatic heterocycles. The second-order valence-corrected chi connectivity index (χ2v) is 4.33. The molecule has 1 saturated carbocycles. The predicted molar refractivity (Wildman–Crippen MR) is 57.2 cm³/mol. The fraction of sp³-hybridized carbons (Fsp3) is 0.455. The van der Waals surface area contributed by atoms with Crippen molar-refractivity contribution in [1.82, 2.24) is 0 Å². The maximum absolute atomic E-state index is 13.3. The molecular formula is C11H13ClFN. The fourth-order valence-corrected chi connectivity index (χ4v) is 1.74. The van der Waals surface area contributed by atoms with Gasteiger partial charge in [0.05, 0.1) is 5.69 Å². The molecule has 1 aliphatic rings. The van der Waals surface area contributed by atoms with Crippen LogP contribution in [0.2, 0.25) is 5.02 Å². The summed E-state index contributed by atoms with van der Waals surface area (Å²) in [5.41, 5.74) is 0.511. The van der Waals surface area contributed by atoms with Crippen LogP contribution < -0.4 is 5.32 Å². The predicted octanol–water partition coefficient (Wildman–Crippen LogP) is 3.69. The Morgan fingerprint density at radius 2 is 2.21 bits per heavy atom. The van der Waals surface area contributed by atoms with Crippen molar-refractivity contribution in [2.75, 3.05) is 5.32 Å². The Hall–Kier alpha value is -0.760. The number of nitrogens with one attached hydrogen (secondary N) is 1. The quantitative estimate of drug-likeness (QED) is 0.808. The van der Waals surface area contributed by atoms with E-state index in [4.69, 9.17) is 11.6 Å². The van der Waals surface area contributed by atoms with E-state index in [1.165, 1.54) is 18.9 Å². The van der Waals surface area contributed by atoms with Crippen molar-refractivity contribution in [3.8, 4) is 0 Å². The topological polar surface area (TPSA) is 12.0 Å². The number of benzene rings is 1. The van der Waals surface area contributed by atoms with Gasteiger partial charge in [0.15, 0.2) is 0 Å². The molecule has 0 heterocycles. The molecule has 1 unspecified atom stereocenters. The Morgan fingerprint density at radius 1 is 1.50 bits per heavy atom. The van der Waals surface area contributed by atoms with Crippen LogP contribution in [0.1, 0.15) is 19.8 Å². The van der Waals surface area contributed by atoms with Gasteiger partial charge in [-0.2, -0.15) is 0 Å². The van der Waals surface area contributed by atoms with E-state index >= 15 is 0 Å². The number of rotatable bonds is 3. The maximum Gasteiger partial charge on any atom is 0.146 e. The van der Waals surface area contributed by atoms with Crippen molar-refractivity contribution >= 4 is 17.3 Å². The summed E-state index contributed by atoms with van der Waals surface area (Å²) in [7, 11) is 0. The second-order valence-electron chi connectivity index (χ2n) is 3.89. The van der Waals surface area contributed by atoms with E-state index in [-0.39, 0.29) is 5.82 Å².